The smallest absolute Gasteiger partial charge is 0.312 e. The Morgan fingerprint density at radius 3 is 2.50 bits per heavy atom. The monoisotopic (exact) mass is 394 g/mol. The Morgan fingerprint density at radius 1 is 1.38 bits per heavy atom. The summed E-state index contributed by atoms with van der Waals surface area (Å²) < 4.78 is 2.35. The van der Waals surface area contributed by atoms with Crippen molar-refractivity contribution < 1.29 is 9.72 Å². The van der Waals surface area contributed by atoms with Crippen LogP contribution in [0.4, 0.5) is 5.69 Å². The standard InChI is InChI=1S/C16H19BrN4O3/c1-4-14(12-5-7-13(17)8-6-12)18-15(22)9-20-11(3)16(21(23)24)10(2)19-20/h5-8,14H,4,9H2,1-3H3,(H,18,22)/t14-/m1/s1. The van der Waals surface area contributed by atoms with Crippen LogP contribution in [0.15, 0.2) is 28.7 Å². The normalized spacial score (nSPS) is 12.0. The third-order valence-electron chi connectivity index (χ3n) is 3.84. The molecule has 0 radical (unpaired) electrons. The Morgan fingerprint density at radius 2 is 2.00 bits per heavy atom. The third kappa shape index (κ3) is 4.00. The van der Waals surface area contributed by atoms with E-state index in [9.17, 15) is 14.9 Å². The summed E-state index contributed by atoms with van der Waals surface area (Å²) >= 11 is 3.39. The molecule has 2 rings (SSSR count). The van der Waals surface area contributed by atoms with Crippen molar-refractivity contribution in [2.45, 2.75) is 39.8 Å². The zero-order chi connectivity index (χ0) is 17.9. The first-order chi connectivity index (χ1) is 11.3. The maximum atomic E-state index is 12.3. The van der Waals surface area contributed by atoms with Gasteiger partial charge in [0.15, 0.2) is 0 Å². The first-order valence-corrected chi connectivity index (χ1v) is 8.36. The van der Waals surface area contributed by atoms with E-state index < -0.39 is 4.92 Å². The van der Waals surface area contributed by atoms with Gasteiger partial charge in [0.2, 0.25) is 5.91 Å². The average molecular weight is 395 g/mol. The van der Waals surface area contributed by atoms with Crippen molar-refractivity contribution in [2.24, 2.45) is 0 Å². The summed E-state index contributed by atoms with van der Waals surface area (Å²) in [6, 6.07) is 7.64. The summed E-state index contributed by atoms with van der Waals surface area (Å²) in [5.74, 6) is -0.231. The average Bonchev–Trinajstić information content (AvgIpc) is 2.80. The van der Waals surface area contributed by atoms with Gasteiger partial charge in [-0.3, -0.25) is 19.6 Å². The molecule has 0 spiro atoms. The predicted octanol–water partition coefficient (Wildman–Crippen LogP) is 3.44. The Hall–Kier alpha value is -2.22. The lowest BCUT2D eigenvalue weighted by molar-refractivity contribution is -0.386. The van der Waals surface area contributed by atoms with Gasteiger partial charge in [-0.05, 0) is 38.0 Å². The fourth-order valence-electron chi connectivity index (χ4n) is 2.60. The second-order valence-electron chi connectivity index (χ2n) is 5.51. The summed E-state index contributed by atoms with van der Waals surface area (Å²) in [6.07, 6.45) is 0.741. The lowest BCUT2D eigenvalue weighted by Gasteiger charge is -2.17. The van der Waals surface area contributed by atoms with Crippen LogP contribution in [0.1, 0.15) is 36.3 Å². The van der Waals surface area contributed by atoms with Crippen LogP contribution in [-0.2, 0) is 11.3 Å². The molecular formula is C16H19BrN4O3. The summed E-state index contributed by atoms with van der Waals surface area (Å²) in [7, 11) is 0. The molecule has 8 heteroatoms. The van der Waals surface area contributed by atoms with Crippen molar-refractivity contribution in [1.82, 2.24) is 15.1 Å². The fraction of sp³-hybridized carbons (Fsp3) is 0.375. The number of nitrogens with one attached hydrogen (secondary N) is 1. The molecule has 1 aromatic heterocycles. The molecule has 0 aliphatic heterocycles. The van der Waals surface area contributed by atoms with Crippen LogP contribution >= 0.6 is 15.9 Å². The molecular weight excluding hydrogens is 376 g/mol. The second kappa shape index (κ2) is 7.57. The van der Waals surface area contributed by atoms with Crippen LogP contribution in [-0.4, -0.2) is 20.6 Å². The predicted molar refractivity (Wildman–Crippen MR) is 93.7 cm³/mol. The number of aryl methyl sites for hydroxylation is 1. The van der Waals surface area contributed by atoms with Crippen LogP contribution in [0.5, 0.6) is 0 Å². The van der Waals surface area contributed by atoms with Crippen LogP contribution in [0.2, 0.25) is 0 Å². The van der Waals surface area contributed by atoms with Crippen molar-refractivity contribution in [2.75, 3.05) is 0 Å². The Kier molecular flexibility index (Phi) is 5.71. The number of hydrogen-bond acceptors (Lipinski definition) is 4. The fourth-order valence-corrected chi connectivity index (χ4v) is 2.86. The van der Waals surface area contributed by atoms with E-state index in [-0.39, 0.29) is 24.2 Å². The van der Waals surface area contributed by atoms with Gasteiger partial charge in [-0.2, -0.15) is 5.10 Å². The highest BCUT2D eigenvalue weighted by Gasteiger charge is 2.23. The van der Waals surface area contributed by atoms with Gasteiger partial charge < -0.3 is 5.32 Å². The van der Waals surface area contributed by atoms with Gasteiger partial charge in [0, 0.05) is 4.47 Å². The van der Waals surface area contributed by atoms with Gasteiger partial charge >= 0.3 is 5.69 Å². The minimum atomic E-state index is -0.469. The molecule has 0 saturated carbocycles. The molecule has 0 saturated heterocycles. The Labute approximate surface area is 148 Å². The Balaban J connectivity index is 2.11. The van der Waals surface area contributed by atoms with Crippen LogP contribution < -0.4 is 5.32 Å². The summed E-state index contributed by atoms with van der Waals surface area (Å²) in [5.41, 5.74) is 1.66. The molecule has 2 aromatic rings. The first-order valence-electron chi connectivity index (χ1n) is 7.56. The van der Waals surface area contributed by atoms with Crippen molar-refractivity contribution in [3.05, 3.63) is 55.8 Å². The van der Waals surface area contributed by atoms with Crippen LogP contribution in [0, 0.1) is 24.0 Å². The van der Waals surface area contributed by atoms with Gasteiger partial charge in [-0.1, -0.05) is 35.0 Å². The van der Waals surface area contributed by atoms with E-state index in [1.165, 1.54) is 4.68 Å². The largest absolute Gasteiger partial charge is 0.348 e. The van der Waals surface area contributed by atoms with Gasteiger partial charge in [0.25, 0.3) is 0 Å². The number of nitrogens with zero attached hydrogens (tertiary/aromatic N) is 3. The number of halogens is 1. The summed E-state index contributed by atoms with van der Waals surface area (Å²) in [5, 5.41) is 18.1. The maximum Gasteiger partial charge on any atom is 0.312 e. The summed E-state index contributed by atoms with van der Waals surface area (Å²) in [6.45, 7) is 5.10. The lowest BCUT2D eigenvalue weighted by Crippen LogP contribution is -2.31. The van der Waals surface area contributed by atoms with E-state index in [4.69, 9.17) is 0 Å². The molecule has 24 heavy (non-hydrogen) atoms. The molecule has 7 nitrogen and oxygen atoms in total. The van der Waals surface area contributed by atoms with E-state index in [1.54, 1.807) is 13.8 Å². The van der Waals surface area contributed by atoms with Gasteiger partial charge in [0.1, 0.15) is 17.9 Å². The molecule has 1 heterocycles. The highest BCUT2D eigenvalue weighted by atomic mass is 79.9. The van der Waals surface area contributed by atoms with Crippen LogP contribution in [0.25, 0.3) is 0 Å². The van der Waals surface area contributed by atoms with Crippen LogP contribution in [0.3, 0.4) is 0 Å². The highest BCUT2D eigenvalue weighted by molar-refractivity contribution is 9.10. The molecule has 1 atom stereocenters. The molecule has 1 N–H and O–H groups in total. The zero-order valence-corrected chi connectivity index (χ0v) is 15.3. The third-order valence-corrected chi connectivity index (χ3v) is 4.36. The van der Waals surface area contributed by atoms with Crippen molar-refractivity contribution in [1.29, 1.82) is 0 Å². The number of carbonyl (C=O) groups is 1. The minimum Gasteiger partial charge on any atom is -0.348 e. The topological polar surface area (TPSA) is 90.1 Å². The molecule has 128 valence electrons. The number of hydrogen-bond donors (Lipinski definition) is 1. The number of benzene rings is 1. The van der Waals surface area contributed by atoms with Crippen molar-refractivity contribution in [3.8, 4) is 0 Å². The maximum absolute atomic E-state index is 12.3. The minimum absolute atomic E-state index is 0.0391. The number of rotatable bonds is 6. The number of nitro groups is 1. The van der Waals surface area contributed by atoms with E-state index in [1.807, 2.05) is 31.2 Å². The van der Waals surface area contributed by atoms with E-state index >= 15 is 0 Å². The van der Waals surface area contributed by atoms with E-state index in [0.29, 0.717) is 11.4 Å². The zero-order valence-electron chi connectivity index (χ0n) is 13.7. The second-order valence-corrected chi connectivity index (χ2v) is 6.43. The number of amides is 1. The molecule has 1 amide bonds. The summed E-state index contributed by atoms with van der Waals surface area (Å²) in [4.78, 5) is 22.9. The van der Waals surface area contributed by atoms with Gasteiger partial charge in [0.05, 0.1) is 11.0 Å². The molecule has 0 fully saturated rings. The first kappa shape index (κ1) is 18.1. The van der Waals surface area contributed by atoms with Crippen molar-refractivity contribution in [3.63, 3.8) is 0 Å². The quantitative estimate of drug-likeness (QED) is 0.599. The molecule has 0 unspecified atom stereocenters. The SMILES string of the molecule is CC[C@@H](NC(=O)Cn1nc(C)c([N+](=O)[O-])c1C)c1ccc(Br)cc1. The van der Waals surface area contributed by atoms with Gasteiger partial charge in [-0.15, -0.1) is 0 Å². The van der Waals surface area contributed by atoms with Crippen molar-refractivity contribution >= 4 is 27.5 Å². The highest BCUT2D eigenvalue weighted by Crippen LogP contribution is 2.22. The number of carbonyl (C=O) groups excluding carboxylic acids is 1. The lowest BCUT2D eigenvalue weighted by atomic mass is 10.0. The van der Waals surface area contributed by atoms with E-state index in [0.717, 1.165) is 16.5 Å². The molecule has 1 aromatic carbocycles. The molecule has 0 aliphatic carbocycles. The number of aromatic nitrogens is 2. The van der Waals surface area contributed by atoms with E-state index in [2.05, 4.69) is 26.3 Å². The Bertz CT molecular complexity index is 755. The van der Waals surface area contributed by atoms with Gasteiger partial charge in [-0.25, -0.2) is 0 Å². The molecule has 0 bridgehead atoms. The molecule has 0 aliphatic rings.